The fraction of sp³-hybridized carbons (Fsp3) is 0.455. The summed E-state index contributed by atoms with van der Waals surface area (Å²) in [4.78, 5) is 14.1. The van der Waals surface area contributed by atoms with Crippen molar-refractivity contribution in [3.05, 3.63) is 63.8 Å². The molecule has 0 amide bonds. The molecule has 0 bridgehead atoms. The third kappa shape index (κ3) is 3.37. The molecule has 0 spiro atoms. The molecule has 1 saturated heterocycles. The molecule has 1 aliphatic carbocycles. The second-order valence-corrected chi connectivity index (χ2v) is 8.27. The zero-order valence-corrected chi connectivity index (χ0v) is 15.7. The lowest BCUT2D eigenvalue weighted by molar-refractivity contribution is 0.525. The second-order valence-electron chi connectivity index (χ2n) is 8.27. The van der Waals surface area contributed by atoms with Crippen molar-refractivity contribution in [2.45, 2.75) is 26.8 Å². The van der Waals surface area contributed by atoms with Gasteiger partial charge in [0.05, 0.1) is 5.69 Å². The average Bonchev–Trinajstić information content (AvgIpc) is 3.05. The first-order valence-corrected chi connectivity index (χ1v) is 9.61. The van der Waals surface area contributed by atoms with Crippen molar-refractivity contribution in [3.63, 3.8) is 0 Å². The average molecular weight is 365 g/mol. The molecule has 27 heavy (non-hydrogen) atoms. The number of rotatable bonds is 5. The molecule has 1 aromatic carbocycles. The number of piperidine rings is 1. The van der Waals surface area contributed by atoms with Gasteiger partial charge in [0.25, 0.3) is 5.56 Å². The lowest BCUT2D eigenvalue weighted by atomic mass is 9.99. The Hall–Kier alpha value is -2.61. The fourth-order valence-electron chi connectivity index (χ4n) is 4.55. The van der Waals surface area contributed by atoms with E-state index in [4.69, 9.17) is 0 Å². The maximum Gasteiger partial charge on any atom is 0.250 e. The van der Waals surface area contributed by atoms with E-state index in [1.165, 1.54) is 6.07 Å². The highest BCUT2D eigenvalue weighted by Gasteiger charge is 2.55. The van der Waals surface area contributed by atoms with Crippen LogP contribution in [0.4, 0.5) is 10.1 Å². The predicted octanol–water partition coefficient (Wildman–Crippen LogP) is 3.44. The molecule has 2 aliphatic rings. The van der Waals surface area contributed by atoms with Gasteiger partial charge in [-0.3, -0.25) is 4.79 Å². The van der Waals surface area contributed by atoms with Gasteiger partial charge < -0.3 is 9.47 Å². The third-order valence-electron chi connectivity index (χ3n) is 5.90. The van der Waals surface area contributed by atoms with Crippen molar-refractivity contribution in [1.29, 1.82) is 5.26 Å². The van der Waals surface area contributed by atoms with Gasteiger partial charge in [-0.1, -0.05) is 19.9 Å². The molecule has 2 heterocycles. The van der Waals surface area contributed by atoms with E-state index in [0.717, 1.165) is 37.3 Å². The van der Waals surface area contributed by atoms with Crippen LogP contribution in [0.5, 0.6) is 0 Å². The molecule has 4 nitrogen and oxygen atoms in total. The largest absolute Gasteiger partial charge is 0.370 e. The van der Waals surface area contributed by atoms with Gasteiger partial charge in [-0.2, -0.15) is 5.26 Å². The molecule has 5 heteroatoms. The normalized spacial score (nSPS) is 23.4. The summed E-state index contributed by atoms with van der Waals surface area (Å²) in [6, 6.07) is 10.8. The Morgan fingerprint density at radius 1 is 1.26 bits per heavy atom. The Morgan fingerprint density at radius 2 is 2.00 bits per heavy atom. The standard InChI is InChI=1S/C22H24FN3O/c1-14(2)7-15-8-20(23)16(10-24)21(9-15)26-12-18-17(19(18)13-26)11-25-6-4-3-5-22(25)27/h3-6,8-9,14,17-19H,7,11-13H2,1-2H3. The van der Waals surface area contributed by atoms with E-state index in [1.807, 2.05) is 24.4 Å². The Morgan fingerprint density at radius 3 is 2.63 bits per heavy atom. The van der Waals surface area contributed by atoms with Crippen LogP contribution in [0.15, 0.2) is 41.3 Å². The van der Waals surface area contributed by atoms with Crippen LogP contribution in [0.2, 0.25) is 0 Å². The smallest absolute Gasteiger partial charge is 0.250 e. The lowest BCUT2D eigenvalue weighted by Gasteiger charge is -2.24. The highest BCUT2D eigenvalue weighted by molar-refractivity contribution is 5.62. The zero-order valence-electron chi connectivity index (χ0n) is 15.7. The molecule has 2 unspecified atom stereocenters. The Balaban J connectivity index is 1.50. The SMILES string of the molecule is CC(C)Cc1cc(F)c(C#N)c(N2CC3C(C2)C3Cn2ccccc2=O)c1. The van der Waals surface area contributed by atoms with Gasteiger partial charge in [0, 0.05) is 31.9 Å². The van der Waals surface area contributed by atoms with Gasteiger partial charge in [-0.15, -0.1) is 0 Å². The summed E-state index contributed by atoms with van der Waals surface area (Å²) < 4.78 is 16.2. The number of halogens is 1. The molecule has 2 fully saturated rings. The Labute approximate surface area is 158 Å². The minimum absolute atomic E-state index is 0.0366. The molecule has 1 aliphatic heterocycles. The van der Waals surface area contributed by atoms with E-state index in [-0.39, 0.29) is 11.1 Å². The van der Waals surface area contributed by atoms with Crippen molar-refractivity contribution in [1.82, 2.24) is 4.57 Å². The van der Waals surface area contributed by atoms with Crippen LogP contribution in [0.3, 0.4) is 0 Å². The molecule has 0 N–H and O–H groups in total. The van der Waals surface area contributed by atoms with E-state index in [0.29, 0.717) is 23.7 Å². The quantitative estimate of drug-likeness (QED) is 0.816. The number of nitriles is 1. The van der Waals surface area contributed by atoms with Gasteiger partial charge >= 0.3 is 0 Å². The topological polar surface area (TPSA) is 49.0 Å². The van der Waals surface area contributed by atoms with E-state index < -0.39 is 5.82 Å². The maximum absolute atomic E-state index is 14.4. The van der Waals surface area contributed by atoms with E-state index in [1.54, 1.807) is 16.7 Å². The summed E-state index contributed by atoms with van der Waals surface area (Å²) in [6.07, 6.45) is 2.64. The van der Waals surface area contributed by atoms with Gasteiger partial charge in [0.1, 0.15) is 17.4 Å². The predicted molar refractivity (Wildman–Crippen MR) is 103 cm³/mol. The molecule has 1 aromatic heterocycles. The van der Waals surface area contributed by atoms with E-state index in [9.17, 15) is 14.4 Å². The molecular formula is C22H24FN3O. The third-order valence-corrected chi connectivity index (χ3v) is 5.90. The summed E-state index contributed by atoms with van der Waals surface area (Å²) in [5, 5.41) is 9.43. The van der Waals surface area contributed by atoms with Crippen LogP contribution in [0.1, 0.15) is 25.0 Å². The highest BCUT2D eigenvalue weighted by Crippen LogP contribution is 2.53. The number of hydrogen-bond donors (Lipinski definition) is 0. The molecule has 0 radical (unpaired) electrons. The number of anilines is 1. The number of pyridine rings is 1. The molecular weight excluding hydrogens is 341 g/mol. The minimum atomic E-state index is -0.418. The summed E-state index contributed by atoms with van der Waals surface area (Å²) >= 11 is 0. The van der Waals surface area contributed by atoms with Crippen LogP contribution < -0.4 is 10.5 Å². The second kappa shape index (κ2) is 6.84. The number of hydrogen-bond acceptors (Lipinski definition) is 3. The van der Waals surface area contributed by atoms with Crippen LogP contribution in [0.25, 0.3) is 0 Å². The number of nitrogens with zero attached hydrogens (tertiary/aromatic N) is 3. The van der Waals surface area contributed by atoms with Gasteiger partial charge in [0.2, 0.25) is 0 Å². The van der Waals surface area contributed by atoms with E-state index in [2.05, 4.69) is 18.7 Å². The first-order chi connectivity index (χ1) is 13.0. The monoisotopic (exact) mass is 365 g/mol. The molecule has 2 atom stereocenters. The highest BCUT2D eigenvalue weighted by atomic mass is 19.1. The fourth-order valence-corrected chi connectivity index (χ4v) is 4.55. The van der Waals surface area contributed by atoms with Crippen LogP contribution in [-0.4, -0.2) is 17.7 Å². The maximum atomic E-state index is 14.4. The summed E-state index contributed by atoms with van der Waals surface area (Å²) in [6.45, 7) is 6.62. The van der Waals surface area contributed by atoms with Crippen molar-refractivity contribution >= 4 is 5.69 Å². The van der Waals surface area contributed by atoms with Crippen molar-refractivity contribution in [2.24, 2.45) is 23.7 Å². The van der Waals surface area contributed by atoms with Gasteiger partial charge in [0.15, 0.2) is 0 Å². The van der Waals surface area contributed by atoms with Gasteiger partial charge in [-0.05, 0) is 53.9 Å². The van der Waals surface area contributed by atoms with Crippen molar-refractivity contribution < 1.29 is 4.39 Å². The number of aromatic nitrogens is 1. The zero-order chi connectivity index (χ0) is 19.1. The van der Waals surface area contributed by atoms with Crippen molar-refractivity contribution in [2.75, 3.05) is 18.0 Å². The summed E-state index contributed by atoms with van der Waals surface area (Å²) in [7, 11) is 0. The van der Waals surface area contributed by atoms with Crippen LogP contribution >= 0.6 is 0 Å². The minimum Gasteiger partial charge on any atom is -0.370 e. The first-order valence-electron chi connectivity index (χ1n) is 9.61. The van der Waals surface area contributed by atoms with Crippen LogP contribution in [-0.2, 0) is 13.0 Å². The van der Waals surface area contributed by atoms with Crippen LogP contribution in [0, 0.1) is 40.8 Å². The van der Waals surface area contributed by atoms with Crippen molar-refractivity contribution in [3.8, 4) is 6.07 Å². The number of benzene rings is 1. The molecule has 140 valence electrons. The molecule has 4 rings (SSSR count). The lowest BCUT2D eigenvalue weighted by Crippen LogP contribution is -2.28. The molecule has 2 aromatic rings. The number of fused-ring (bicyclic) bond motifs is 1. The molecule has 1 saturated carbocycles. The Kier molecular flexibility index (Phi) is 4.51. The Bertz CT molecular complexity index is 947. The first kappa shape index (κ1) is 17.8. The van der Waals surface area contributed by atoms with Gasteiger partial charge in [-0.25, -0.2) is 4.39 Å². The summed E-state index contributed by atoms with van der Waals surface area (Å²) in [5.74, 6) is 1.54. The van der Waals surface area contributed by atoms with E-state index >= 15 is 0 Å². The summed E-state index contributed by atoms with van der Waals surface area (Å²) in [5.41, 5.74) is 1.87.